The fourth-order valence-corrected chi connectivity index (χ4v) is 2.14. The molecule has 0 aliphatic carbocycles. The van der Waals surface area contributed by atoms with E-state index in [2.05, 4.69) is 48.8 Å². The van der Waals surface area contributed by atoms with E-state index in [0.717, 1.165) is 10.2 Å². The van der Waals surface area contributed by atoms with Crippen LogP contribution in [0.4, 0.5) is 5.69 Å². The number of anilines is 1. The lowest BCUT2D eigenvalue weighted by atomic mass is 9.87. The lowest BCUT2D eigenvalue weighted by Crippen LogP contribution is -2.10. The van der Waals surface area contributed by atoms with Gasteiger partial charge in [0.25, 0.3) is 0 Å². The average Bonchev–Trinajstić information content (AvgIpc) is 2.32. The van der Waals surface area contributed by atoms with Crippen molar-refractivity contribution in [3.8, 4) is 11.5 Å². The lowest BCUT2D eigenvalue weighted by Gasteiger charge is -2.19. The van der Waals surface area contributed by atoms with E-state index < -0.39 is 0 Å². The molecule has 2 nitrogen and oxygen atoms in total. The number of ether oxygens (including phenoxy) is 1. The fourth-order valence-electron chi connectivity index (χ4n) is 1.76. The molecule has 0 atom stereocenters. The van der Waals surface area contributed by atoms with Crippen molar-refractivity contribution >= 4 is 21.6 Å². The van der Waals surface area contributed by atoms with Gasteiger partial charge in [0, 0.05) is 4.47 Å². The van der Waals surface area contributed by atoms with Crippen LogP contribution in [0.15, 0.2) is 46.9 Å². The smallest absolute Gasteiger partial charge is 0.150 e. The van der Waals surface area contributed by atoms with Gasteiger partial charge in [-0.3, -0.25) is 0 Å². The lowest BCUT2D eigenvalue weighted by molar-refractivity contribution is 0.483. The van der Waals surface area contributed by atoms with Crippen LogP contribution in [0.25, 0.3) is 0 Å². The molecule has 0 aliphatic heterocycles. The van der Waals surface area contributed by atoms with Crippen LogP contribution in [-0.2, 0) is 5.41 Å². The molecule has 0 radical (unpaired) electrons. The van der Waals surface area contributed by atoms with Crippen molar-refractivity contribution in [1.82, 2.24) is 0 Å². The highest BCUT2D eigenvalue weighted by atomic mass is 79.9. The first kappa shape index (κ1) is 13.9. The Bertz CT molecular complexity index is 570. The highest BCUT2D eigenvalue weighted by molar-refractivity contribution is 9.10. The Balaban J connectivity index is 2.20. The third-order valence-corrected chi connectivity index (χ3v) is 3.41. The Hall–Kier alpha value is -1.48. The number of nitrogens with two attached hydrogens (primary N) is 1. The van der Waals surface area contributed by atoms with Crippen molar-refractivity contribution in [3.63, 3.8) is 0 Å². The van der Waals surface area contributed by atoms with Crippen molar-refractivity contribution in [2.75, 3.05) is 5.73 Å². The Morgan fingerprint density at radius 1 is 1.00 bits per heavy atom. The first-order chi connectivity index (χ1) is 8.86. The van der Waals surface area contributed by atoms with Crippen molar-refractivity contribution in [2.45, 2.75) is 26.2 Å². The quantitative estimate of drug-likeness (QED) is 0.779. The predicted octanol–water partition coefficient (Wildman–Crippen LogP) is 5.12. The van der Waals surface area contributed by atoms with E-state index in [9.17, 15) is 0 Å². The molecular weight excluding hydrogens is 302 g/mol. The van der Waals surface area contributed by atoms with Crippen molar-refractivity contribution < 1.29 is 4.74 Å². The second kappa shape index (κ2) is 5.25. The van der Waals surface area contributed by atoms with Crippen molar-refractivity contribution in [3.05, 3.63) is 52.5 Å². The SMILES string of the molecule is CC(C)(C)c1ccc(Oc2ccc(Br)cc2N)cc1. The Morgan fingerprint density at radius 2 is 1.63 bits per heavy atom. The minimum Gasteiger partial charge on any atom is -0.455 e. The van der Waals surface area contributed by atoms with Crippen LogP contribution in [0.1, 0.15) is 26.3 Å². The van der Waals surface area contributed by atoms with E-state index in [-0.39, 0.29) is 5.41 Å². The molecule has 2 rings (SSSR count). The van der Waals surface area contributed by atoms with Crippen LogP contribution in [0.2, 0.25) is 0 Å². The molecule has 0 saturated heterocycles. The third kappa shape index (κ3) is 3.51. The second-order valence-corrected chi connectivity index (χ2v) is 6.47. The third-order valence-electron chi connectivity index (χ3n) is 2.92. The molecule has 0 heterocycles. The van der Waals surface area contributed by atoms with Crippen LogP contribution in [0.3, 0.4) is 0 Å². The van der Waals surface area contributed by atoms with Crippen LogP contribution in [0, 0.1) is 0 Å². The predicted molar refractivity (Wildman–Crippen MR) is 83.8 cm³/mol. The summed E-state index contributed by atoms with van der Waals surface area (Å²) in [6.07, 6.45) is 0. The number of hydrogen-bond donors (Lipinski definition) is 1. The van der Waals surface area contributed by atoms with Crippen molar-refractivity contribution in [2.24, 2.45) is 0 Å². The zero-order valence-electron chi connectivity index (χ0n) is 11.4. The van der Waals surface area contributed by atoms with E-state index in [0.29, 0.717) is 11.4 Å². The second-order valence-electron chi connectivity index (χ2n) is 5.56. The van der Waals surface area contributed by atoms with Crippen LogP contribution < -0.4 is 10.5 Å². The molecular formula is C16H18BrNO. The van der Waals surface area contributed by atoms with E-state index >= 15 is 0 Å². The maximum atomic E-state index is 5.91. The minimum absolute atomic E-state index is 0.148. The van der Waals surface area contributed by atoms with Gasteiger partial charge in [0.15, 0.2) is 0 Å². The van der Waals surface area contributed by atoms with Gasteiger partial charge < -0.3 is 10.5 Å². The van der Waals surface area contributed by atoms with E-state index in [1.54, 1.807) is 0 Å². The molecule has 0 bridgehead atoms. The Labute approximate surface area is 122 Å². The van der Waals surface area contributed by atoms with Crippen LogP contribution >= 0.6 is 15.9 Å². The minimum atomic E-state index is 0.148. The van der Waals surface area contributed by atoms with Gasteiger partial charge in [-0.05, 0) is 41.3 Å². The van der Waals surface area contributed by atoms with E-state index in [1.165, 1.54) is 5.56 Å². The van der Waals surface area contributed by atoms with Crippen molar-refractivity contribution in [1.29, 1.82) is 0 Å². The van der Waals surface area contributed by atoms with E-state index in [4.69, 9.17) is 10.5 Å². The summed E-state index contributed by atoms with van der Waals surface area (Å²) in [6, 6.07) is 13.7. The molecule has 19 heavy (non-hydrogen) atoms. The summed E-state index contributed by atoms with van der Waals surface area (Å²) in [6.45, 7) is 6.57. The van der Waals surface area contributed by atoms with Gasteiger partial charge in [0.1, 0.15) is 11.5 Å². The summed E-state index contributed by atoms with van der Waals surface area (Å²) < 4.78 is 6.73. The normalized spacial score (nSPS) is 11.4. The topological polar surface area (TPSA) is 35.2 Å². The molecule has 0 unspecified atom stereocenters. The highest BCUT2D eigenvalue weighted by Crippen LogP contribution is 2.31. The van der Waals surface area contributed by atoms with Crippen LogP contribution in [0.5, 0.6) is 11.5 Å². The molecule has 0 saturated carbocycles. The molecule has 3 heteroatoms. The first-order valence-electron chi connectivity index (χ1n) is 6.20. The monoisotopic (exact) mass is 319 g/mol. The molecule has 0 amide bonds. The van der Waals surface area contributed by atoms with Gasteiger partial charge >= 0.3 is 0 Å². The highest BCUT2D eigenvalue weighted by Gasteiger charge is 2.13. The Morgan fingerprint density at radius 3 is 2.16 bits per heavy atom. The summed E-state index contributed by atoms with van der Waals surface area (Å²) in [4.78, 5) is 0. The summed E-state index contributed by atoms with van der Waals surface area (Å²) >= 11 is 3.38. The molecule has 0 spiro atoms. The molecule has 2 aromatic carbocycles. The van der Waals surface area contributed by atoms with Crippen LogP contribution in [-0.4, -0.2) is 0 Å². The zero-order valence-corrected chi connectivity index (χ0v) is 13.0. The molecule has 0 aromatic heterocycles. The maximum Gasteiger partial charge on any atom is 0.150 e. The maximum absolute atomic E-state index is 5.91. The molecule has 2 aromatic rings. The Kier molecular flexibility index (Phi) is 3.85. The van der Waals surface area contributed by atoms with Gasteiger partial charge in [-0.15, -0.1) is 0 Å². The summed E-state index contributed by atoms with van der Waals surface area (Å²) in [5.41, 5.74) is 7.96. The van der Waals surface area contributed by atoms with Gasteiger partial charge in [0.05, 0.1) is 5.69 Å². The number of rotatable bonds is 2. The molecule has 100 valence electrons. The molecule has 0 fully saturated rings. The number of hydrogen-bond acceptors (Lipinski definition) is 2. The zero-order chi connectivity index (χ0) is 14.0. The van der Waals surface area contributed by atoms with Gasteiger partial charge in [-0.25, -0.2) is 0 Å². The fraction of sp³-hybridized carbons (Fsp3) is 0.250. The molecule has 0 aliphatic rings. The van der Waals surface area contributed by atoms with Gasteiger partial charge in [-0.2, -0.15) is 0 Å². The number of halogens is 1. The standard InChI is InChI=1S/C16H18BrNO/c1-16(2,3)11-4-7-13(8-5-11)19-15-9-6-12(17)10-14(15)18/h4-10H,18H2,1-3H3. The van der Waals surface area contributed by atoms with E-state index in [1.807, 2.05) is 30.3 Å². The summed E-state index contributed by atoms with van der Waals surface area (Å²) in [7, 11) is 0. The number of nitrogen functional groups attached to an aromatic ring is 1. The van der Waals surface area contributed by atoms with Gasteiger partial charge in [-0.1, -0.05) is 48.8 Å². The molecule has 2 N–H and O–H groups in total. The summed E-state index contributed by atoms with van der Waals surface area (Å²) in [5, 5.41) is 0. The first-order valence-corrected chi connectivity index (χ1v) is 6.99. The number of benzene rings is 2. The summed E-state index contributed by atoms with van der Waals surface area (Å²) in [5.74, 6) is 1.47. The largest absolute Gasteiger partial charge is 0.455 e. The average molecular weight is 320 g/mol. The van der Waals surface area contributed by atoms with Gasteiger partial charge in [0.2, 0.25) is 0 Å².